The Balaban J connectivity index is 2.27. The molecule has 1 unspecified atom stereocenters. The second-order valence-electron chi connectivity index (χ2n) is 5.87. The molecule has 1 aromatic carbocycles. The normalized spacial score (nSPS) is 14.7. The number of Topliss-reactive ketones (excluding diaryl/α,β-unsaturated/α-hetero) is 1. The third-order valence-corrected chi connectivity index (χ3v) is 3.93. The number of hydrogen-bond donors (Lipinski definition) is 3. The summed E-state index contributed by atoms with van der Waals surface area (Å²) in [6.45, 7) is 5.78. The molecule has 6 nitrogen and oxygen atoms in total. The Bertz CT molecular complexity index is 707. The summed E-state index contributed by atoms with van der Waals surface area (Å²) in [6.07, 6.45) is 2.97. The minimum atomic E-state index is -0.305. The minimum absolute atomic E-state index is 0.0415. The van der Waals surface area contributed by atoms with Crippen molar-refractivity contribution in [2.75, 3.05) is 19.4 Å². The van der Waals surface area contributed by atoms with E-state index < -0.39 is 0 Å². The summed E-state index contributed by atoms with van der Waals surface area (Å²) in [4.78, 5) is 25.4. The minimum Gasteiger partial charge on any atom is -0.505 e. The summed E-state index contributed by atoms with van der Waals surface area (Å²) >= 11 is 0. The van der Waals surface area contributed by atoms with Crippen molar-refractivity contribution in [3.05, 3.63) is 47.8 Å². The first-order chi connectivity index (χ1) is 11.4. The summed E-state index contributed by atoms with van der Waals surface area (Å²) < 4.78 is 0. The molecule has 6 heteroatoms. The summed E-state index contributed by atoms with van der Waals surface area (Å²) in [5.74, 6) is -0.514. The molecule has 1 aliphatic rings. The molecule has 1 aromatic rings. The van der Waals surface area contributed by atoms with Gasteiger partial charge in [0.15, 0.2) is 11.5 Å². The number of ketones is 1. The van der Waals surface area contributed by atoms with E-state index in [1.165, 1.54) is 4.90 Å². The molecule has 0 fully saturated rings. The number of carbonyl (C=O) groups is 2. The molecule has 0 spiro atoms. The number of anilines is 1. The monoisotopic (exact) mass is 329 g/mol. The molecule has 0 saturated carbocycles. The summed E-state index contributed by atoms with van der Waals surface area (Å²) in [6, 6.07) is 4.92. The Kier molecular flexibility index (Phi) is 5.28. The fourth-order valence-corrected chi connectivity index (χ4v) is 2.41. The number of carbonyl (C=O) groups excluding carboxylic acids is 2. The number of allylic oxidation sites excluding steroid dienone is 2. The number of rotatable bonds is 7. The Morgan fingerprint density at radius 1 is 1.46 bits per heavy atom. The van der Waals surface area contributed by atoms with Crippen molar-refractivity contribution in [3.63, 3.8) is 0 Å². The molecule has 0 radical (unpaired) electrons. The van der Waals surface area contributed by atoms with E-state index >= 15 is 0 Å². The molecular formula is C18H23N3O3. The first-order valence-corrected chi connectivity index (χ1v) is 7.85. The van der Waals surface area contributed by atoms with E-state index in [0.717, 1.165) is 12.1 Å². The number of benzene rings is 1. The van der Waals surface area contributed by atoms with Crippen LogP contribution in [0.15, 0.2) is 42.2 Å². The van der Waals surface area contributed by atoms with E-state index in [1.54, 1.807) is 38.4 Å². The van der Waals surface area contributed by atoms with Crippen molar-refractivity contribution in [3.8, 4) is 5.75 Å². The Morgan fingerprint density at radius 3 is 2.71 bits per heavy atom. The van der Waals surface area contributed by atoms with Gasteiger partial charge in [-0.2, -0.15) is 0 Å². The topological polar surface area (TPSA) is 81.7 Å². The number of nitrogens with one attached hydrogen (secondary N) is 2. The highest BCUT2D eigenvalue weighted by Gasteiger charge is 2.29. The number of hydrogen-bond acceptors (Lipinski definition) is 5. The molecule has 0 heterocycles. The van der Waals surface area contributed by atoms with Crippen molar-refractivity contribution < 1.29 is 14.7 Å². The fraction of sp³-hybridized carbons (Fsp3) is 0.333. The average molecular weight is 329 g/mol. The van der Waals surface area contributed by atoms with Gasteiger partial charge < -0.3 is 20.6 Å². The van der Waals surface area contributed by atoms with Gasteiger partial charge in [0, 0.05) is 25.8 Å². The van der Waals surface area contributed by atoms with E-state index in [2.05, 4.69) is 17.2 Å². The lowest BCUT2D eigenvalue weighted by atomic mass is 9.97. The summed E-state index contributed by atoms with van der Waals surface area (Å²) in [5, 5.41) is 16.5. The zero-order valence-electron chi connectivity index (χ0n) is 14.2. The lowest BCUT2D eigenvalue weighted by molar-refractivity contribution is -0.116. The second kappa shape index (κ2) is 7.21. The van der Waals surface area contributed by atoms with Gasteiger partial charge in [0.25, 0.3) is 5.91 Å². The highest BCUT2D eigenvalue weighted by atomic mass is 16.3. The molecule has 0 saturated heterocycles. The van der Waals surface area contributed by atoms with Gasteiger partial charge in [0.1, 0.15) is 5.70 Å². The standard InChI is InChI=1S/C18H23N3O3/c1-5-11(6-2)19-14-10-15(22)16(14)20-13-9-7-8-12(17(13)23)18(24)21(3)4/h5,7-9,11,19-20,23H,1,6,10H2,2-4H3. The van der Waals surface area contributed by atoms with E-state index in [1.807, 2.05) is 6.92 Å². The molecule has 3 N–H and O–H groups in total. The molecule has 0 aromatic heterocycles. The molecule has 24 heavy (non-hydrogen) atoms. The van der Waals surface area contributed by atoms with Crippen molar-refractivity contribution in [2.24, 2.45) is 0 Å². The van der Waals surface area contributed by atoms with Gasteiger partial charge in [-0.25, -0.2) is 0 Å². The van der Waals surface area contributed by atoms with E-state index in [-0.39, 0.29) is 29.0 Å². The van der Waals surface area contributed by atoms with Gasteiger partial charge in [-0.3, -0.25) is 9.59 Å². The van der Waals surface area contributed by atoms with Crippen LogP contribution in [0.1, 0.15) is 30.1 Å². The maximum absolute atomic E-state index is 12.1. The molecule has 1 amide bonds. The van der Waals surface area contributed by atoms with Crippen molar-refractivity contribution in [1.29, 1.82) is 0 Å². The van der Waals surface area contributed by atoms with Crippen molar-refractivity contribution in [1.82, 2.24) is 10.2 Å². The van der Waals surface area contributed by atoms with Crippen LogP contribution < -0.4 is 10.6 Å². The van der Waals surface area contributed by atoms with Gasteiger partial charge in [0.2, 0.25) is 0 Å². The summed E-state index contributed by atoms with van der Waals surface area (Å²) in [5.41, 5.74) is 1.72. The molecular weight excluding hydrogens is 306 g/mol. The van der Waals surface area contributed by atoms with Crippen LogP contribution in [0, 0.1) is 0 Å². The van der Waals surface area contributed by atoms with Crippen molar-refractivity contribution in [2.45, 2.75) is 25.8 Å². The smallest absolute Gasteiger partial charge is 0.257 e. The molecule has 2 rings (SSSR count). The lowest BCUT2D eigenvalue weighted by Crippen LogP contribution is -2.37. The van der Waals surface area contributed by atoms with Crippen LogP contribution >= 0.6 is 0 Å². The number of nitrogens with zero attached hydrogens (tertiary/aromatic N) is 1. The maximum atomic E-state index is 12.1. The number of amides is 1. The molecule has 1 atom stereocenters. The second-order valence-corrected chi connectivity index (χ2v) is 5.87. The number of para-hydroxylation sites is 1. The van der Waals surface area contributed by atoms with Crippen LogP contribution in [-0.4, -0.2) is 41.8 Å². The van der Waals surface area contributed by atoms with Gasteiger partial charge in [-0.15, -0.1) is 6.58 Å². The zero-order chi connectivity index (χ0) is 17.9. The fourth-order valence-electron chi connectivity index (χ4n) is 2.41. The van der Waals surface area contributed by atoms with Crippen LogP contribution in [0.4, 0.5) is 5.69 Å². The average Bonchev–Trinajstić information content (AvgIpc) is 2.56. The van der Waals surface area contributed by atoms with E-state index in [9.17, 15) is 14.7 Å². The van der Waals surface area contributed by atoms with Gasteiger partial charge in [0.05, 0.1) is 17.7 Å². The summed E-state index contributed by atoms with van der Waals surface area (Å²) in [7, 11) is 3.23. The third-order valence-electron chi connectivity index (χ3n) is 3.93. The quantitative estimate of drug-likeness (QED) is 0.528. The van der Waals surface area contributed by atoms with Crippen molar-refractivity contribution >= 4 is 17.4 Å². The SMILES string of the molecule is C=CC(CC)NC1=C(Nc2cccc(C(=O)N(C)C)c2O)C(=O)C1. The van der Waals surface area contributed by atoms with E-state index in [4.69, 9.17) is 0 Å². The van der Waals surface area contributed by atoms with Crippen LogP contribution in [0.2, 0.25) is 0 Å². The Labute approximate surface area is 141 Å². The first kappa shape index (κ1) is 17.6. The molecule has 0 aliphatic heterocycles. The van der Waals surface area contributed by atoms with E-state index in [0.29, 0.717) is 17.8 Å². The zero-order valence-corrected chi connectivity index (χ0v) is 14.2. The highest BCUT2D eigenvalue weighted by Crippen LogP contribution is 2.32. The lowest BCUT2D eigenvalue weighted by Gasteiger charge is -2.28. The third kappa shape index (κ3) is 3.42. The highest BCUT2D eigenvalue weighted by molar-refractivity contribution is 6.07. The van der Waals surface area contributed by atoms with Crippen LogP contribution in [-0.2, 0) is 4.79 Å². The maximum Gasteiger partial charge on any atom is 0.257 e. The van der Waals surface area contributed by atoms with Gasteiger partial charge in [-0.1, -0.05) is 19.1 Å². The molecule has 1 aliphatic carbocycles. The number of aromatic hydroxyl groups is 1. The largest absolute Gasteiger partial charge is 0.505 e. The Hall–Kier alpha value is -2.76. The Morgan fingerprint density at radius 2 is 2.17 bits per heavy atom. The van der Waals surface area contributed by atoms with Gasteiger partial charge in [-0.05, 0) is 18.6 Å². The van der Waals surface area contributed by atoms with Crippen LogP contribution in [0.25, 0.3) is 0 Å². The predicted molar refractivity (Wildman–Crippen MR) is 93.8 cm³/mol. The predicted octanol–water partition coefficient (Wildman–Crippen LogP) is 2.24. The molecule has 128 valence electrons. The van der Waals surface area contributed by atoms with Gasteiger partial charge >= 0.3 is 0 Å². The van der Waals surface area contributed by atoms with Crippen LogP contribution in [0.5, 0.6) is 5.75 Å². The first-order valence-electron chi connectivity index (χ1n) is 7.85. The van der Waals surface area contributed by atoms with Crippen LogP contribution in [0.3, 0.4) is 0 Å². The number of phenols is 1. The molecule has 0 bridgehead atoms. The number of phenolic OH excluding ortho intramolecular Hbond substituents is 1.